The largest absolute Gasteiger partial charge is 0.399 e. The molecule has 0 aliphatic heterocycles. The maximum Gasteiger partial charge on any atom is 0.186 e. The molecule has 0 amide bonds. The highest BCUT2D eigenvalue weighted by molar-refractivity contribution is 14.1. The lowest BCUT2D eigenvalue weighted by Gasteiger charge is -2.17. The molecule has 0 saturated heterocycles. The van der Waals surface area contributed by atoms with Gasteiger partial charge < -0.3 is 4.43 Å². The van der Waals surface area contributed by atoms with Gasteiger partial charge in [0.05, 0.1) is 11.2 Å². The Bertz CT molecular complexity index is 866. The van der Waals surface area contributed by atoms with Crippen LogP contribution in [0.1, 0.15) is 11.3 Å². The van der Waals surface area contributed by atoms with Crippen LogP contribution in [0.5, 0.6) is 0 Å². The molecule has 0 spiro atoms. The zero-order chi connectivity index (χ0) is 17.2. The highest BCUT2D eigenvalue weighted by Crippen LogP contribution is 2.23. The molecule has 124 valence electrons. The maximum absolute atomic E-state index is 6.05. The molecule has 0 N–H and O–H groups in total. The van der Waals surface area contributed by atoms with Crippen LogP contribution in [-0.4, -0.2) is 18.1 Å². The Morgan fingerprint density at radius 1 is 1.08 bits per heavy atom. The molecule has 0 unspecified atom stereocenters. The molecule has 0 atom stereocenters. The fourth-order valence-electron chi connectivity index (χ4n) is 2.39. The fraction of sp³-hybridized carbons (Fsp3) is 0.211. The Balaban J connectivity index is 1.97. The Hall–Kier alpha value is -1.44. The average molecular weight is 448 g/mol. The van der Waals surface area contributed by atoms with Crippen molar-refractivity contribution >= 4 is 54.0 Å². The van der Waals surface area contributed by atoms with Crippen molar-refractivity contribution in [3.05, 3.63) is 63.4 Å². The van der Waals surface area contributed by atoms with Gasteiger partial charge in [-0.15, -0.1) is 0 Å². The van der Waals surface area contributed by atoms with Crippen LogP contribution in [0.2, 0.25) is 19.6 Å². The fourth-order valence-corrected chi connectivity index (χ4v) is 3.37. The summed E-state index contributed by atoms with van der Waals surface area (Å²) >= 11 is 2.34. The van der Waals surface area contributed by atoms with Crippen molar-refractivity contribution in [1.82, 2.24) is 9.78 Å². The second-order valence-corrected chi connectivity index (χ2v) is 12.4. The molecule has 2 aromatic carbocycles. The molecule has 3 aromatic rings. The molecule has 3 nitrogen and oxygen atoms in total. The zero-order valence-electron chi connectivity index (χ0n) is 14.2. The zero-order valence-corrected chi connectivity index (χ0v) is 17.3. The molecule has 5 heteroatoms. The highest BCUT2D eigenvalue weighted by Gasteiger charge is 2.16. The molecule has 0 aliphatic rings. The number of benzene rings is 2. The number of aromatic nitrogens is 2. The third-order valence-electron chi connectivity index (χ3n) is 3.60. The van der Waals surface area contributed by atoms with Gasteiger partial charge in [0, 0.05) is 8.96 Å². The number of halogens is 1. The topological polar surface area (TPSA) is 27.1 Å². The Labute approximate surface area is 157 Å². The maximum atomic E-state index is 6.05. The third-order valence-corrected chi connectivity index (χ3v) is 5.26. The van der Waals surface area contributed by atoms with Gasteiger partial charge in [0.2, 0.25) is 0 Å². The van der Waals surface area contributed by atoms with Gasteiger partial charge in [-0.1, -0.05) is 36.4 Å². The predicted octanol–water partition coefficient (Wildman–Crippen LogP) is 5.62. The summed E-state index contributed by atoms with van der Waals surface area (Å²) in [7, 11) is -1.58. The number of rotatable bonds is 5. The SMILES string of the molecule is C[Si](C)(C)OCn1nc(C=Cc2ccccc2)c2ccc(I)cc21. The van der Waals surface area contributed by atoms with E-state index >= 15 is 0 Å². The van der Waals surface area contributed by atoms with Gasteiger partial charge in [0.25, 0.3) is 0 Å². The van der Waals surface area contributed by atoms with Crippen molar-refractivity contribution in [1.29, 1.82) is 0 Å². The van der Waals surface area contributed by atoms with Gasteiger partial charge >= 0.3 is 0 Å². The lowest BCUT2D eigenvalue weighted by Crippen LogP contribution is -2.26. The van der Waals surface area contributed by atoms with Crippen LogP contribution in [-0.2, 0) is 11.2 Å². The molecule has 0 radical (unpaired) electrons. The second-order valence-electron chi connectivity index (χ2n) is 6.68. The van der Waals surface area contributed by atoms with E-state index < -0.39 is 8.32 Å². The van der Waals surface area contributed by atoms with Crippen molar-refractivity contribution in [2.24, 2.45) is 0 Å². The molecular weight excluding hydrogens is 427 g/mol. The Morgan fingerprint density at radius 3 is 2.54 bits per heavy atom. The van der Waals surface area contributed by atoms with Crippen LogP contribution < -0.4 is 0 Å². The van der Waals surface area contributed by atoms with Gasteiger partial charge in [-0.2, -0.15) is 5.10 Å². The van der Waals surface area contributed by atoms with Gasteiger partial charge in [0.15, 0.2) is 8.32 Å². The van der Waals surface area contributed by atoms with Crippen molar-refractivity contribution in [3.63, 3.8) is 0 Å². The first-order valence-electron chi connectivity index (χ1n) is 7.95. The first-order chi connectivity index (χ1) is 11.4. The van der Waals surface area contributed by atoms with Gasteiger partial charge in [-0.3, -0.25) is 0 Å². The van der Waals surface area contributed by atoms with Gasteiger partial charge in [-0.05, 0) is 72.1 Å². The van der Waals surface area contributed by atoms with Crippen LogP contribution in [0.3, 0.4) is 0 Å². The van der Waals surface area contributed by atoms with E-state index in [1.54, 1.807) is 0 Å². The first-order valence-corrected chi connectivity index (χ1v) is 12.4. The summed E-state index contributed by atoms with van der Waals surface area (Å²) in [5.41, 5.74) is 3.27. The average Bonchev–Trinajstić information content (AvgIpc) is 2.88. The minimum absolute atomic E-state index is 0.505. The molecular formula is C19H21IN2OSi. The number of hydrogen-bond donors (Lipinski definition) is 0. The van der Waals surface area contributed by atoms with Gasteiger partial charge in [0.1, 0.15) is 6.73 Å². The van der Waals surface area contributed by atoms with Crippen LogP contribution in [0.4, 0.5) is 0 Å². The van der Waals surface area contributed by atoms with E-state index in [9.17, 15) is 0 Å². The number of fused-ring (bicyclic) bond motifs is 1. The van der Waals surface area contributed by atoms with E-state index in [0.29, 0.717) is 6.73 Å². The van der Waals surface area contributed by atoms with E-state index in [1.165, 1.54) is 9.13 Å². The van der Waals surface area contributed by atoms with Crippen molar-refractivity contribution < 1.29 is 4.43 Å². The number of hydrogen-bond acceptors (Lipinski definition) is 2. The molecule has 0 saturated carbocycles. The summed E-state index contributed by atoms with van der Waals surface area (Å²) in [5, 5.41) is 5.93. The van der Waals surface area contributed by atoms with E-state index in [-0.39, 0.29) is 0 Å². The minimum Gasteiger partial charge on any atom is -0.399 e. The van der Waals surface area contributed by atoms with Crippen molar-refractivity contribution in [2.75, 3.05) is 0 Å². The second kappa shape index (κ2) is 7.21. The molecule has 0 aliphatic carbocycles. The molecule has 0 fully saturated rings. The molecule has 1 aromatic heterocycles. The van der Waals surface area contributed by atoms with Crippen molar-refractivity contribution in [2.45, 2.75) is 26.4 Å². The van der Waals surface area contributed by atoms with Crippen LogP contribution >= 0.6 is 22.6 Å². The van der Waals surface area contributed by atoms with E-state index in [2.05, 4.69) is 84.7 Å². The summed E-state index contributed by atoms with van der Waals surface area (Å²) < 4.78 is 9.23. The monoisotopic (exact) mass is 448 g/mol. The lowest BCUT2D eigenvalue weighted by molar-refractivity contribution is 0.219. The Morgan fingerprint density at radius 2 is 1.83 bits per heavy atom. The molecule has 0 bridgehead atoms. The highest BCUT2D eigenvalue weighted by atomic mass is 127. The summed E-state index contributed by atoms with van der Waals surface area (Å²) in [4.78, 5) is 0. The molecule has 1 heterocycles. The lowest BCUT2D eigenvalue weighted by atomic mass is 10.1. The standard InChI is InChI=1S/C19H21IN2OSi/c1-24(2,3)23-14-22-19-13-16(20)10-11-17(19)18(21-22)12-9-15-7-5-4-6-8-15/h4-13H,14H2,1-3H3. The third kappa shape index (κ3) is 4.34. The molecule has 3 rings (SSSR count). The number of nitrogens with zero attached hydrogens (tertiary/aromatic N) is 2. The predicted molar refractivity (Wildman–Crippen MR) is 112 cm³/mol. The van der Waals surface area contributed by atoms with Crippen LogP contribution in [0, 0.1) is 3.57 Å². The first kappa shape index (κ1) is 17.4. The minimum atomic E-state index is -1.58. The van der Waals surface area contributed by atoms with E-state index in [0.717, 1.165) is 16.6 Å². The summed E-state index contributed by atoms with van der Waals surface area (Å²) in [6, 6.07) is 16.7. The summed E-state index contributed by atoms with van der Waals surface area (Å²) in [6.45, 7) is 7.08. The van der Waals surface area contributed by atoms with E-state index in [1.807, 2.05) is 22.9 Å². The quantitative estimate of drug-likeness (QED) is 0.374. The smallest absolute Gasteiger partial charge is 0.186 e. The Kier molecular flexibility index (Phi) is 5.22. The normalized spacial score (nSPS) is 12.3. The van der Waals surface area contributed by atoms with Gasteiger partial charge in [-0.25, -0.2) is 4.68 Å². The van der Waals surface area contributed by atoms with E-state index in [4.69, 9.17) is 9.52 Å². The summed E-state index contributed by atoms with van der Waals surface area (Å²) in [6.07, 6.45) is 4.18. The summed E-state index contributed by atoms with van der Waals surface area (Å²) in [5.74, 6) is 0. The van der Waals surface area contributed by atoms with Crippen LogP contribution in [0.25, 0.3) is 23.1 Å². The van der Waals surface area contributed by atoms with Crippen LogP contribution in [0.15, 0.2) is 48.5 Å². The van der Waals surface area contributed by atoms with Crippen molar-refractivity contribution in [3.8, 4) is 0 Å². The molecule has 24 heavy (non-hydrogen) atoms.